The number of hydrazone groups is 1. The molecule has 2 N–H and O–H groups in total. The molecule has 108 valence electrons. The number of amides is 1. The summed E-state index contributed by atoms with van der Waals surface area (Å²) >= 11 is 4.03. The number of carbonyl (C=O) groups is 1. The summed E-state index contributed by atoms with van der Waals surface area (Å²) in [4.78, 5) is 11.7. The minimum atomic E-state index is -0.422. The zero-order valence-electron chi connectivity index (χ0n) is 10.5. The predicted molar refractivity (Wildman–Crippen MR) is 95.0 cm³/mol. The average Bonchev–Trinajstić information content (AvgIpc) is 2.45. The van der Waals surface area contributed by atoms with Crippen LogP contribution in [0.1, 0.15) is 15.9 Å². The molecule has 0 fully saturated rings. The molecule has 0 aromatic heterocycles. The van der Waals surface area contributed by atoms with Gasteiger partial charge in [-0.15, -0.1) is 0 Å². The van der Waals surface area contributed by atoms with Gasteiger partial charge in [-0.25, -0.2) is 9.82 Å². The number of rotatable bonds is 3. The molecule has 0 saturated carbocycles. The van der Waals surface area contributed by atoms with Gasteiger partial charge in [0.25, 0.3) is 5.91 Å². The average molecular weight is 510 g/mol. The number of nitrogens with zero attached hydrogens (tertiary/aromatic N) is 1. The van der Waals surface area contributed by atoms with Crippen molar-refractivity contribution in [2.75, 3.05) is 0 Å². The lowest BCUT2D eigenvalue weighted by molar-refractivity contribution is 0.0955. The number of halogens is 3. The summed E-state index contributed by atoms with van der Waals surface area (Å²) in [5.74, 6) is -0.596. The summed E-state index contributed by atoms with van der Waals surface area (Å²) in [5, 5.41) is 13.5. The Bertz CT molecular complexity index is 680. The number of carbonyl (C=O) groups excluding carboxylic acids is 1. The predicted octanol–water partition coefficient (Wildman–Crippen LogP) is 3.50. The summed E-state index contributed by atoms with van der Waals surface area (Å²) in [6.45, 7) is 0. The Balaban J connectivity index is 2.05. The van der Waals surface area contributed by atoms with Gasteiger partial charge >= 0.3 is 0 Å². The van der Waals surface area contributed by atoms with Crippen molar-refractivity contribution in [3.05, 3.63) is 60.5 Å². The molecule has 0 aliphatic rings. The Hall–Kier alpha value is -1.23. The van der Waals surface area contributed by atoms with E-state index in [2.05, 4.69) is 10.5 Å². The van der Waals surface area contributed by atoms with Crippen molar-refractivity contribution >= 4 is 57.3 Å². The first kappa shape index (κ1) is 16.1. The molecule has 0 aliphatic heterocycles. The van der Waals surface area contributed by atoms with E-state index in [0.29, 0.717) is 12.7 Å². The first-order chi connectivity index (χ1) is 9.97. The van der Waals surface area contributed by atoms with Crippen molar-refractivity contribution < 1.29 is 14.3 Å². The lowest BCUT2D eigenvalue weighted by Gasteiger charge is -2.02. The standard InChI is InChI=1S/C14H9FI2N2O2/c15-10-3-1-9(2-4-10)14(21)19-18-7-8-5-11(16)13(20)12(17)6-8/h1-7,20H,(H,19,21)/b18-7-. The number of phenolic OH excluding ortho intramolecular Hbond substituents is 1. The molecule has 0 saturated heterocycles. The van der Waals surface area contributed by atoms with E-state index in [9.17, 15) is 14.3 Å². The van der Waals surface area contributed by atoms with Gasteiger partial charge in [0, 0.05) is 5.56 Å². The molecule has 2 aromatic rings. The minimum Gasteiger partial charge on any atom is -0.506 e. The van der Waals surface area contributed by atoms with Crippen molar-refractivity contribution in [3.63, 3.8) is 0 Å². The van der Waals surface area contributed by atoms with Gasteiger partial charge in [-0.3, -0.25) is 4.79 Å². The first-order valence-corrected chi connectivity index (χ1v) is 7.90. The molecule has 0 spiro atoms. The highest BCUT2D eigenvalue weighted by Crippen LogP contribution is 2.26. The van der Waals surface area contributed by atoms with E-state index in [4.69, 9.17) is 0 Å². The molecular formula is C14H9FI2N2O2. The highest BCUT2D eigenvalue weighted by Gasteiger charge is 2.05. The molecule has 4 nitrogen and oxygen atoms in total. The molecule has 7 heteroatoms. The normalized spacial score (nSPS) is 10.8. The van der Waals surface area contributed by atoms with Crippen LogP contribution in [0.2, 0.25) is 0 Å². The van der Waals surface area contributed by atoms with Crippen LogP contribution in [0.15, 0.2) is 41.5 Å². The number of phenols is 1. The van der Waals surface area contributed by atoms with Crippen molar-refractivity contribution in [2.45, 2.75) is 0 Å². The van der Waals surface area contributed by atoms with Crippen LogP contribution in [0.25, 0.3) is 0 Å². The number of nitrogens with one attached hydrogen (secondary N) is 1. The van der Waals surface area contributed by atoms with Crippen LogP contribution in [0.4, 0.5) is 4.39 Å². The van der Waals surface area contributed by atoms with Gasteiger partial charge < -0.3 is 5.11 Å². The maximum atomic E-state index is 12.7. The number of aromatic hydroxyl groups is 1. The summed E-state index contributed by atoms with van der Waals surface area (Å²) in [7, 11) is 0. The minimum absolute atomic E-state index is 0.226. The van der Waals surface area contributed by atoms with E-state index in [-0.39, 0.29) is 5.75 Å². The third-order valence-electron chi connectivity index (χ3n) is 2.53. The van der Waals surface area contributed by atoms with Crippen LogP contribution in [0, 0.1) is 13.0 Å². The topological polar surface area (TPSA) is 61.7 Å². The summed E-state index contributed by atoms with van der Waals surface area (Å²) < 4.78 is 14.1. The van der Waals surface area contributed by atoms with E-state index in [1.165, 1.54) is 30.5 Å². The highest BCUT2D eigenvalue weighted by atomic mass is 127. The molecule has 0 heterocycles. The molecule has 0 bridgehead atoms. The van der Waals surface area contributed by atoms with Gasteiger partial charge in [-0.05, 0) is 87.1 Å². The third-order valence-corrected chi connectivity index (χ3v) is 4.17. The fraction of sp³-hybridized carbons (Fsp3) is 0. The first-order valence-electron chi connectivity index (χ1n) is 5.74. The van der Waals surface area contributed by atoms with Crippen molar-refractivity contribution in [3.8, 4) is 5.75 Å². The van der Waals surface area contributed by atoms with Crippen LogP contribution >= 0.6 is 45.2 Å². The molecule has 21 heavy (non-hydrogen) atoms. The van der Waals surface area contributed by atoms with Gasteiger partial charge in [0.2, 0.25) is 0 Å². The monoisotopic (exact) mass is 510 g/mol. The van der Waals surface area contributed by atoms with E-state index in [1.807, 2.05) is 45.2 Å². The van der Waals surface area contributed by atoms with Gasteiger partial charge in [-0.2, -0.15) is 5.10 Å². The van der Waals surface area contributed by atoms with Crippen molar-refractivity contribution in [1.29, 1.82) is 0 Å². The fourth-order valence-corrected chi connectivity index (χ4v) is 3.31. The zero-order chi connectivity index (χ0) is 15.4. The zero-order valence-corrected chi connectivity index (χ0v) is 14.8. The molecule has 0 atom stereocenters. The maximum absolute atomic E-state index is 12.7. The molecule has 1 amide bonds. The summed E-state index contributed by atoms with van der Waals surface area (Å²) in [6.07, 6.45) is 1.48. The Labute approximate surface area is 147 Å². The van der Waals surface area contributed by atoms with E-state index in [0.717, 1.165) is 5.56 Å². The van der Waals surface area contributed by atoms with Crippen LogP contribution in [-0.2, 0) is 0 Å². The van der Waals surface area contributed by atoms with Gasteiger partial charge in [-0.1, -0.05) is 0 Å². The van der Waals surface area contributed by atoms with Crippen molar-refractivity contribution in [2.24, 2.45) is 5.10 Å². The Morgan fingerprint density at radius 3 is 2.33 bits per heavy atom. The summed E-state index contributed by atoms with van der Waals surface area (Å²) in [6, 6.07) is 8.67. The Morgan fingerprint density at radius 1 is 1.19 bits per heavy atom. The smallest absolute Gasteiger partial charge is 0.271 e. The Morgan fingerprint density at radius 2 is 1.76 bits per heavy atom. The van der Waals surface area contributed by atoms with Crippen LogP contribution in [0.5, 0.6) is 5.75 Å². The molecule has 0 radical (unpaired) electrons. The van der Waals surface area contributed by atoms with Crippen LogP contribution in [0.3, 0.4) is 0 Å². The molecule has 2 aromatic carbocycles. The van der Waals surface area contributed by atoms with Crippen LogP contribution < -0.4 is 5.43 Å². The second-order valence-corrected chi connectivity index (χ2v) is 6.36. The highest BCUT2D eigenvalue weighted by molar-refractivity contribution is 14.1. The number of hydrogen-bond donors (Lipinski definition) is 2. The maximum Gasteiger partial charge on any atom is 0.271 e. The quantitative estimate of drug-likeness (QED) is 0.378. The second kappa shape index (κ2) is 7.16. The Kier molecular flexibility index (Phi) is 5.51. The molecule has 0 unspecified atom stereocenters. The lowest BCUT2D eigenvalue weighted by Crippen LogP contribution is -2.17. The third kappa shape index (κ3) is 4.37. The molecule has 2 rings (SSSR count). The van der Waals surface area contributed by atoms with E-state index >= 15 is 0 Å². The van der Waals surface area contributed by atoms with E-state index in [1.54, 1.807) is 12.1 Å². The second-order valence-electron chi connectivity index (χ2n) is 4.04. The summed E-state index contributed by atoms with van der Waals surface area (Å²) in [5.41, 5.74) is 3.43. The fourth-order valence-electron chi connectivity index (χ4n) is 1.49. The molecule has 0 aliphatic carbocycles. The lowest BCUT2D eigenvalue weighted by atomic mass is 10.2. The van der Waals surface area contributed by atoms with Gasteiger partial charge in [0.05, 0.1) is 13.4 Å². The van der Waals surface area contributed by atoms with Gasteiger partial charge in [0.1, 0.15) is 11.6 Å². The number of benzene rings is 2. The van der Waals surface area contributed by atoms with Crippen molar-refractivity contribution in [1.82, 2.24) is 5.43 Å². The number of hydrogen-bond acceptors (Lipinski definition) is 3. The van der Waals surface area contributed by atoms with E-state index < -0.39 is 11.7 Å². The van der Waals surface area contributed by atoms with Crippen LogP contribution in [-0.4, -0.2) is 17.2 Å². The molecular weight excluding hydrogens is 501 g/mol. The largest absolute Gasteiger partial charge is 0.506 e. The SMILES string of the molecule is O=C(N/N=C\c1cc(I)c(O)c(I)c1)c1ccc(F)cc1. The van der Waals surface area contributed by atoms with Gasteiger partial charge in [0.15, 0.2) is 0 Å².